The van der Waals surface area contributed by atoms with E-state index in [2.05, 4.69) is 49.9 Å². The van der Waals surface area contributed by atoms with Crippen molar-refractivity contribution in [2.45, 2.75) is 53.9 Å². The Balaban J connectivity index is 2.79. The maximum atomic E-state index is 4.65. The topological polar surface area (TPSA) is 37.8 Å². The average molecular weight is 249 g/mol. The maximum absolute atomic E-state index is 4.65. The van der Waals surface area contributed by atoms with Crippen molar-refractivity contribution < 1.29 is 0 Å². The van der Waals surface area contributed by atoms with E-state index in [0.717, 1.165) is 43.0 Å². The van der Waals surface area contributed by atoms with Gasteiger partial charge in [-0.05, 0) is 51.3 Å². The Labute approximate surface area is 111 Å². The van der Waals surface area contributed by atoms with Crippen molar-refractivity contribution in [3.05, 3.63) is 22.8 Å². The van der Waals surface area contributed by atoms with E-state index >= 15 is 0 Å². The third-order valence-corrected chi connectivity index (χ3v) is 3.19. The van der Waals surface area contributed by atoms with Crippen molar-refractivity contribution in [3.8, 4) is 0 Å². The Bertz CT molecular complexity index is 368. The van der Waals surface area contributed by atoms with E-state index in [1.807, 2.05) is 7.05 Å². The molecule has 0 aliphatic carbocycles. The second-order valence-corrected chi connectivity index (χ2v) is 6.20. The molecule has 0 saturated carbocycles. The summed E-state index contributed by atoms with van der Waals surface area (Å²) in [6.07, 6.45) is 3.10. The van der Waals surface area contributed by atoms with Crippen LogP contribution in [0.3, 0.4) is 0 Å². The lowest BCUT2D eigenvalue weighted by Crippen LogP contribution is -2.15. The third kappa shape index (κ3) is 4.73. The van der Waals surface area contributed by atoms with Crippen LogP contribution in [0.5, 0.6) is 0 Å². The van der Waals surface area contributed by atoms with E-state index < -0.39 is 0 Å². The molecule has 0 fully saturated rings. The van der Waals surface area contributed by atoms with Crippen LogP contribution < -0.4 is 5.32 Å². The largest absolute Gasteiger partial charge is 0.319 e. The van der Waals surface area contributed by atoms with Gasteiger partial charge in [0.15, 0.2) is 0 Å². The molecule has 0 aromatic carbocycles. The van der Waals surface area contributed by atoms with Gasteiger partial charge in [0, 0.05) is 17.8 Å². The van der Waals surface area contributed by atoms with Crippen molar-refractivity contribution in [1.82, 2.24) is 15.3 Å². The van der Waals surface area contributed by atoms with Gasteiger partial charge < -0.3 is 5.32 Å². The van der Waals surface area contributed by atoms with Gasteiger partial charge in [-0.1, -0.05) is 20.8 Å². The Hall–Kier alpha value is -0.960. The van der Waals surface area contributed by atoms with Crippen LogP contribution in [0.25, 0.3) is 0 Å². The molecule has 1 aromatic heterocycles. The summed E-state index contributed by atoms with van der Waals surface area (Å²) in [7, 11) is 1.98. The zero-order valence-corrected chi connectivity index (χ0v) is 12.7. The number of nitrogens with one attached hydrogen (secondary N) is 1. The first-order chi connectivity index (χ1) is 8.33. The summed E-state index contributed by atoms with van der Waals surface area (Å²) in [5.74, 6) is 0.994. The van der Waals surface area contributed by atoms with Crippen LogP contribution in [0.4, 0.5) is 0 Å². The smallest absolute Gasteiger partial charge is 0.128 e. The van der Waals surface area contributed by atoms with Crippen molar-refractivity contribution in [3.63, 3.8) is 0 Å². The lowest BCUT2D eigenvalue weighted by Gasteiger charge is -2.18. The van der Waals surface area contributed by atoms with E-state index in [4.69, 9.17) is 0 Å². The van der Waals surface area contributed by atoms with Crippen LogP contribution in [0.1, 0.15) is 50.0 Å². The molecular weight excluding hydrogens is 222 g/mol. The molecule has 1 heterocycles. The van der Waals surface area contributed by atoms with E-state index in [-0.39, 0.29) is 0 Å². The highest BCUT2D eigenvalue weighted by atomic mass is 14.9. The van der Waals surface area contributed by atoms with Crippen LogP contribution >= 0.6 is 0 Å². The zero-order chi connectivity index (χ0) is 13.8. The molecule has 102 valence electrons. The van der Waals surface area contributed by atoms with Crippen molar-refractivity contribution >= 4 is 0 Å². The minimum atomic E-state index is 0.343. The highest BCUT2D eigenvalue weighted by molar-refractivity contribution is 5.24. The molecule has 0 saturated heterocycles. The predicted octanol–water partition coefficient (Wildman–Crippen LogP) is 2.83. The molecular formula is C15H27N3. The standard InChI is InChI=1S/C15H27N3/c1-11-13(8-10-16-6)12(2)18-14(17-11)7-9-15(3,4)5/h16H,7-10H2,1-6H3. The number of aromatic nitrogens is 2. The minimum Gasteiger partial charge on any atom is -0.319 e. The van der Waals surface area contributed by atoms with Crippen LogP contribution in [-0.2, 0) is 12.8 Å². The number of nitrogens with zero attached hydrogens (tertiary/aromatic N) is 2. The molecule has 0 spiro atoms. The minimum absolute atomic E-state index is 0.343. The fourth-order valence-corrected chi connectivity index (χ4v) is 2.02. The molecule has 0 amide bonds. The van der Waals surface area contributed by atoms with Gasteiger partial charge in [-0.3, -0.25) is 0 Å². The third-order valence-electron chi connectivity index (χ3n) is 3.19. The van der Waals surface area contributed by atoms with E-state index in [1.165, 1.54) is 5.56 Å². The van der Waals surface area contributed by atoms with Gasteiger partial charge in [0.2, 0.25) is 0 Å². The molecule has 0 aliphatic rings. The molecule has 0 radical (unpaired) electrons. The van der Waals surface area contributed by atoms with Crippen LogP contribution in [0.15, 0.2) is 0 Å². The number of hydrogen-bond donors (Lipinski definition) is 1. The first-order valence-corrected chi connectivity index (χ1v) is 6.81. The summed E-state index contributed by atoms with van der Waals surface area (Å²) in [6, 6.07) is 0. The predicted molar refractivity (Wildman–Crippen MR) is 76.9 cm³/mol. The summed E-state index contributed by atoms with van der Waals surface area (Å²) in [5, 5.41) is 3.17. The highest BCUT2D eigenvalue weighted by Crippen LogP contribution is 2.21. The van der Waals surface area contributed by atoms with Gasteiger partial charge in [0.25, 0.3) is 0 Å². The zero-order valence-electron chi connectivity index (χ0n) is 12.7. The molecule has 3 heteroatoms. The average Bonchev–Trinajstić information content (AvgIpc) is 2.24. The summed E-state index contributed by atoms with van der Waals surface area (Å²) in [6.45, 7) is 11.9. The molecule has 1 aromatic rings. The first kappa shape index (κ1) is 15.1. The number of rotatable bonds is 5. The van der Waals surface area contributed by atoms with Gasteiger partial charge in [-0.2, -0.15) is 0 Å². The SMILES string of the molecule is CNCCc1c(C)nc(CCC(C)(C)C)nc1C. The van der Waals surface area contributed by atoms with E-state index in [0.29, 0.717) is 5.41 Å². The van der Waals surface area contributed by atoms with Gasteiger partial charge >= 0.3 is 0 Å². The molecule has 0 atom stereocenters. The number of hydrogen-bond acceptors (Lipinski definition) is 3. The quantitative estimate of drug-likeness (QED) is 0.872. The van der Waals surface area contributed by atoms with Gasteiger partial charge in [-0.25, -0.2) is 9.97 Å². The van der Waals surface area contributed by atoms with Crippen molar-refractivity contribution in [1.29, 1.82) is 0 Å². The fraction of sp³-hybridized carbons (Fsp3) is 0.733. The number of aryl methyl sites for hydroxylation is 3. The van der Waals surface area contributed by atoms with Gasteiger partial charge in [-0.15, -0.1) is 0 Å². The summed E-state index contributed by atoms with van der Waals surface area (Å²) < 4.78 is 0. The molecule has 0 unspecified atom stereocenters. The lowest BCUT2D eigenvalue weighted by molar-refractivity contribution is 0.374. The normalized spacial score (nSPS) is 11.9. The van der Waals surface area contributed by atoms with Gasteiger partial charge in [0.1, 0.15) is 5.82 Å². The molecule has 18 heavy (non-hydrogen) atoms. The summed E-state index contributed by atoms with van der Waals surface area (Å²) in [5.41, 5.74) is 3.92. The second-order valence-electron chi connectivity index (χ2n) is 6.20. The first-order valence-electron chi connectivity index (χ1n) is 6.81. The van der Waals surface area contributed by atoms with Crippen LogP contribution in [0.2, 0.25) is 0 Å². The molecule has 3 nitrogen and oxygen atoms in total. The lowest BCUT2D eigenvalue weighted by atomic mass is 9.90. The van der Waals surface area contributed by atoms with Gasteiger partial charge in [0.05, 0.1) is 0 Å². The monoisotopic (exact) mass is 249 g/mol. The van der Waals surface area contributed by atoms with E-state index in [9.17, 15) is 0 Å². The molecule has 1 rings (SSSR count). The summed E-state index contributed by atoms with van der Waals surface area (Å²) in [4.78, 5) is 9.30. The number of likely N-dealkylation sites (N-methyl/N-ethyl adjacent to an activating group) is 1. The fourth-order valence-electron chi connectivity index (χ4n) is 2.02. The Morgan fingerprint density at radius 2 is 1.56 bits per heavy atom. The molecule has 1 N–H and O–H groups in total. The maximum Gasteiger partial charge on any atom is 0.128 e. The van der Waals surface area contributed by atoms with Crippen molar-refractivity contribution in [2.24, 2.45) is 5.41 Å². The summed E-state index contributed by atoms with van der Waals surface area (Å²) >= 11 is 0. The van der Waals surface area contributed by atoms with Crippen LogP contribution in [-0.4, -0.2) is 23.6 Å². The van der Waals surface area contributed by atoms with Crippen LogP contribution in [0, 0.1) is 19.3 Å². The Kier molecular flexibility index (Phi) is 5.27. The molecule has 0 bridgehead atoms. The van der Waals surface area contributed by atoms with Crippen molar-refractivity contribution in [2.75, 3.05) is 13.6 Å². The van der Waals surface area contributed by atoms with E-state index in [1.54, 1.807) is 0 Å². The Morgan fingerprint density at radius 1 is 1.00 bits per heavy atom. The molecule has 0 aliphatic heterocycles. The Morgan fingerprint density at radius 3 is 2.00 bits per heavy atom. The second kappa shape index (κ2) is 6.28. The highest BCUT2D eigenvalue weighted by Gasteiger charge is 2.13.